The normalized spacial score (nSPS) is 22.8. The number of aromatic nitrogens is 3. The van der Waals surface area contributed by atoms with E-state index in [-0.39, 0.29) is 24.0 Å². The second-order valence-electron chi connectivity index (χ2n) is 8.11. The minimum atomic E-state index is -0.0918. The monoisotopic (exact) mass is 346 g/mol. The van der Waals surface area contributed by atoms with E-state index in [0.29, 0.717) is 0 Å². The Morgan fingerprint density at radius 2 is 1.88 bits per heavy atom. The van der Waals surface area contributed by atoms with Crippen molar-refractivity contribution in [2.75, 3.05) is 13.1 Å². The van der Waals surface area contributed by atoms with E-state index in [1.807, 2.05) is 0 Å². The van der Waals surface area contributed by atoms with Crippen LogP contribution >= 0.6 is 0 Å². The molecular formula is C18H30N6O. The van der Waals surface area contributed by atoms with E-state index < -0.39 is 0 Å². The van der Waals surface area contributed by atoms with Crippen LogP contribution in [0.25, 0.3) is 0 Å². The van der Waals surface area contributed by atoms with E-state index in [4.69, 9.17) is 0 Å². The molecule has 1 saturated carbocycles. The van der Waals surface area contributed by atoms with Crippen LogP contribution in [-0.2, 0) is 13.0 Å². The molecule has 7 nitrogen and oxygen atoms in total. The first-order valence-electron chi connectivity index (χ1n) is 9.85. The average Bonchev–Trinajstić information content (AvgIpc) is 3.20. The number of hydrogen-bond donors (Lipinski definition) is 2. The van der Waals surface area contributed by atoms with Crippen LogP contribution in [0.2, 0.25) is 0 Å². The van der Waals surface area contributed by atoms with Gasteiger partial charge < -0.3 is 20.1 Å². The third-order valence-corrected chi connectivity index (χ3v) is 5.80. The number of nitrogens with zero attached hydrogens (tertiary/aromatic N) is 4. The molecule has 0 spiro atoms. The van der Waals surface area contributed by atoms with Gasteiger partial charge in [-0.2, -0.15) is 0 Å². The summed E-state index contributed by atoms with van der Waals surface area (Å²) in [6.07, 6.45) is 6.93. The molecule has 3 heterocycles. The van der Waals surface area contributed by atoms with Gasteiger partial charge in [0.05, 0.1) is 6.04 Å². The molecule has 0 bridgehead atoms. The van der Waals surface area contributed by atoms with Gasteiger partial charge in [-0.05, 0) is 38.0 Å². The number of piperidine rings is 1. The predicted molar refractivity (Wildman–Crippen MR) is 95.2 cm³/mol. The Labute approximate surface area is 149 Å². The molecule has 7 heteroatoms. The summed E-state index contributed by atoms with van der Waals surface area (Å²) in [7, 11) is 0. The highest BCUT2D eigenvalue weighted by Gasteiger charge is 2.33. The van der Waals surface area contributed by atoms with Crippen molar-refractivity contribution in [1.29, 1.82) is 0 Å². The SMILES string of the molecule is CC(C)[C@H](NC(=O)NC1CCN(C2CC2)CC1)c1nnc2n1CCC2. The first-order valence-corrected chi connectivity index (χ1v) is 9.85. The molecule has 25 heavy (non-hydrogen) atoms. The summed E-state index contributed by atoms with van der Waals surface area (Å²) >= 11 is 0. The van der Waals surface area contributed by atoms with Crippen molar-refractivity contribution in [3.63, 3.8) is 0 Å². The standard InChI is InChI=1S/C18H30N6O/c1-12(2)16(17-22-21-15-4-3-9-24(15)17)20-18(25)19-13-7-10-23(11-8-13)14-5-6-14/h12-14,16H,3-11H2,1-2H3,(H2,19,20,25)/t16-/m0/s1. The van der Waals surface area contributed by atoms with Gasteiger partial charge in [0.1, 0.15) is 5.82 Å². The third kappa shape index (κ3) is 3.66. The summed E-state index contributed by atoms with van der Waals surface area (Å²) in [6.45, 7) is 7.43. The molecule has 0 unspecified atom stereocenters. The number of rotatable bonds is 5. The van der Waals surface area contributed by atoms with Crippen molar-refractivity contribution in [3.8, 4) is 0 Å². The van der Waals surface area contributed by atoms with Crippen LogP contribution in [0, 0.1) is 5.92 Å². The molecule has 1 aliphatic carbocycles. The number of nitrogens with one attached hydrogen (secondary N) is 2. The fourth-order valence-corrected chi connectivity index (χ4v) is 4.15. The second kappa shape index (κ2) is 6.94. The summed E-state index contributed by atoms with van der Waals surface area (Å²) in [5, 5.41) is 15.0. The van der Waals surface area contributed by atoms with Gasteiger partial charge in [-0.3, -0.25) is 0 Å². The van der Waals surface area contributed by atoms with Crippen molar-refractivity contribution in [2.24, 2.45) is 5.92 Å². The van der Waals surface area contributed by atoms with Crippen LogP contribution in [0.3, 0.4) is 0 Å². The van der Waals surface area contributed by atoms with Crippen molar-refractivity contribution in [2.45, 2.75) is 77.0 Å². The third-order valence-electron chi connectivity index (χ3n) is 5.80. The van der Waals surface area contributed by atoms with E-state index >= 15 is 0 Å². The number of carbonyl (C=O) groups is 1. The molecule has 0 radical (unpaired) electrons. The Bertz CT molecular complexity index is 615. The fraction of sp³-hybridized carbons (Fsp3) is 0.833. The Hall–Kier alpha value is -1.63. The number of fused-ring (bicyclic) bond motifs is 1. The average molecular weight is 346 g/mol. The van der Waals surface area contributed by atoms with Gasteiger partial charge >= 0.3 is 6.03 Å². The molecule has 1 aromatic rings. The highest BCUT2D eigenvalue weighted by atomic mass is 16.2. The maximum Gasteiger partial charge on any atom is 0.315 e. The maximum absolute atomic E-state index is 12.6. The summed E-state index contributed by atoms with van der Waals surface area (Å²) in [6, 6.07) is 0.951. The van der Waals surface area contributed by atoms with Gasteiger partial charge in [-0.25, -0.2) is 4.79 Å². The molecule has 2 aliphatic heterocycles. The number of urea groups is 1. The second-order valence-corrected chi connectivity index (χ2v) is 8.11. The molecule has 1 saturated heterocycles. The smallest absolute Gasteiger partial charge is 0.315 e. The van der Waals surface area contributed by atoms with E-state index in [9.17, 15) is 4.79 Å². The number of hydrogen-bond acceptors (Lipinski definition) is 4. The van der Waals surface area contributed by atoms with Crippen LogP contribution in [0.1, 0.15) is 63.6 Å². The van der Waals surface area contributed by atoms with E-state index in [1.165, 1.54) is 12.8 Å². The Kier molecular flexibility index (Phi) is 4.67. The molecule has 2 N–H and O–H groups in total. The Morgan fingerprint density at radius 3 is 2.56 bits per heavy atom. The minimum absolute atomic E-state index is 0.0704. The molecule has 4 rings (SSSR count). The first kappa shape index (κ1) is 16.8. The lowest BCUT2D eigenvalue weighted by Crippen LogP contribution is -2.49. The number of aryl methyl sites for hydroxylation is 1. The van der Waals surface area contributed by atoms with Gasteiger partial charge in [0.2, 0.25) is 0 Å². The highest BCUT2D eigenvalue weighted by Crippen LogP contribution is 2.29. The molecule has 0 aromatic carbocycles. The number of carbonyl (C=O) groups excluding carboxylic acids is 1. The van der Waals surface area contributed by atoms with Crippen LogP contribution < -0.4 is 10.6 Å². The maximum atomic E-state index is 12.6. The van der Waals surface area contributed by atoms with Gasteiger partial charge in [0.15, 0.2) is 5.82 Å². The lowest BCUT2D eigenvalue weighted by atomic mass is 10.0. The van der Waals surface area contributed by atoms with Crippen molar-refractivity contribution >= 4 is 6.03 Å². The van der Waals surface area contributed by atoms with E-state index in [0.717, 1.165) is 63.0 Å². The molecule has 1 atom stereocenters. The minimum Gasteiger partial charge on any atom is -0.335 e. The highest BCUT2D eigenvalue weighted by molar-refractivity contribution is 5.74. The topological polar surface area (TPSA) is 75.1 Å². The van der Waals surface area contributed by atoms with Gasteiger partial charge in [0, 0.05) is 38.1 Å². The van der Waals surface area contributed by atoms with Gasteiger partial charge in [0.25, 0.3) is 0 Å². The Balaban J connectivity index is 1.33. The molecule has 3 aliphatic rings. The van der Waals surface area contributed by atoms with E-state index in [2.05, 4.69) is 44.1 Å². The quantitative estimate of drug-likeness (QED) is 0.853. The summed E-state index contributed by atoms with van der Waals surface area (Å²) in [4.78, 5) is 15.1. The first-order chi connectivity index (χ1) is 12.1. The lowest BCUT2D eigenvalue weighted by Gasteiger charge is -2.33. The molecular weight excluding hydrogens is 316 g/mol. The zero-order valence-corrected chi connectivity index (χ0v) is 15.4. The molecule has 2 fully saturated rings. The summed E-state index contributed by atoms with van der Waals surface area (Å²) in [5.74, 6) is 2.23. The lowest BCUT2D eigenvalue weighted by molar-refractivity contribution is 0.183. The zero-order chi connectivity index (χ0) is 17.4. The van der Waals surface area contributed by atoms with Gasteiger partial charge in [-0.1, -0.05) is 13.8 Å². The Morgan fingerprint density at radius 1 is 1.12 bits per heavy atom. The zero-order valence-electron chi connectivity index (χ0n) is 15.4. The number of likely N-dealkylation sites (tertiary alicyclic amines) is 1. The van der Waals surface area contributed by atoms with E-state index in [1.54, 1.807) is 0 Å². The van der Waals surface area contributed by atoms with Crippen molar-refractivity contribution in [3.05, 3.63) is 11.6 Å². The van der Waals surface area contributed by atoms with Crippen LogP contribution in [0.5, 0.6) is 0 Å². The van der Waals surface area contributed by atoms with Crippen LogP contribution in [-0.4, -0.2) is 50.9 Å². The molecule has 1 aromatic heterocycles. The van der Waals surface area contributed by atoms with Crippen molar-refractivity contribution in [1.82, 2.24) is 30.3 Å². The fourth-order valence-electron chi connectivity index (χ4n) is 4.15. The van der Waals surface area contributed by atoms with Gasteiger partial charge in [-0.15, -0.1) is 10.2 Å². The number of amides is 2. The summed E-state index contributed by atoms with van der Waals surface area (Å²) in [5.41, 5.74) is 0. The molecule has 2 amide bonds. The van der Waals surface area contributed by atoms with Crippen molar-refractivity contribution < 1.29 is 4.79 Å². The predicted octanol–water partition coefficient (Wildman–Crippen LogP) is 1.85. The largest absolute Gasteiger partial charge is 0.335 e. The van der Waals surface area contributed by atoms with Crippen LogP contribution in [0.4, 0.5) is 4.79 Å². The van der Waals surface area contributed by atoms with Crippen LogP contribution in [0.15, 0.2) is 0 Å². The summed E-state index contributed by atoms with van der Waals surface area (Å²) < 4.78 is 2.18. The molecule has 138 valence electrons.